The number of nitrogens with zero attached hydrogens (tertiary/aromatic N) is 6. The van der Waals surface area contributed by atoms with Gasteiger partial charge in [0.2, 0.25) is 0 Å². The largest absolute Gasteiger partial charge is 0.0934 e. The van der Waals surface area contributed by atoms with Gasteiger partial charge in [0.25, 0.3) is 0 Å². The molecule has 0 aromatic rings. The minimum absolute atomic E-state index is 0.155. The van der Waals surface area contributed by atoms with Crippen molar-refractivity contribution in [1.82, 2.24) is 0 Å². The van der Waals surface area contributed by atoms with Gasteiger partial charge in [-0.15, -0.1) is 0 Å². The Morgan fingerprint density at radius 3 is 2.00 bits per heavy atom. The smallest absolute Gasteiger partial charge is 0.0700 e. The van der Waals surface area contributed by atoms with E-state index in [9.17, 15) is 0 Å². The lowest BCUT2D eigenvalue weighted by Crippen LogP contribution is -2.39. The molecule has 1 rings (SSSR count). The van der Waals surface area contributed by atoms with E-state index in [0.717, 1.165) is 12.8 Å². The molecule has 1 aliphatic carbocycles. The second-order valence-corrected chi connectivity index (χ2v) is 3.45. The molecule has 1 saturated carbocycles. The van der Waals surface area contributed by atoms with Gasteiger partial charge >= 0.3 is 0 Å². The first-order chi connectivity index (χ1) is 6.22. The van der Waals surface area contributed by atoms with Gasteiger partial charge in [-0.05, 0) is 16.5 Å². The SMILES string of the molecule is [B]C1CC(CN=[N+]=[N-])(CN=[N+]=[N-])C1. The Kier molecular flexibility index (Phi) is 3.06. The molecule has 0 aliphatic heterocycles. The van der Waals surface area contributed by atoms with Crippen LogP contribution in [0.25, 0.3) is 20.9 Å². The van der Waals surface area contributed by atoms with E-state index in [-0.39, 0.29) is 11.2 Å². The van der Waals surface area contributed by atoms with Gasteiger partial charge < -0.3 is 0 Å². The molecular formula is C6H9BN6. The van der Waals surface area contributed by atoms with E-state index in [1.54, 1.807) is 0 Å². The second kappa shape index (κ2) is 4.07. The summed E-state index contributed by atoms with van der Waals surface area (Å²) in [6.45, 7) is 0.742. The first-order valence-corrected chi connectivity index (χ1v) is 4.00. The first kappa shape index (κ1) is 9.77. The van der Waals surface area contributed by atoms with Gasteiger partial charge in [-0.25, -0.2) is 0 Å². The van der Waals surface area contributed by atoms with Crippen molar-refractivity contribution < 1.29 is 0 Å². The van der Waals surface area contributed by atoms with E-state index < -0.39 is 0 Å². The highest BCUT2D eigenvalue weighted by Gasteiger charge is 2.40. The van der Waals surface area contributed by atoms with Crippen LogP contribution in [0.4, 0.5) is 0 Å². The fourth-order valence-electron chi connectivity index (χ4n) is 1.72. The van der Waals surface area contributed by atoms with Gasteiger partial charge in [0.1, 0.15) is 0 Å². The van der Waals surface area contributed by atoms with Crippen LogP contribution in [0.1, 0.15) is 12.8 Å². The van der Waals surface area contributed by atoms with Crippen LogP contribution >= 0.6 is 0 Å². The Morgan fingerprint density at radius 1 is 1.23 bits per heavy atom. The molecule has 0 atom stereocenters. The summed E-state index contributed by atoms with van der Waals surface area (Å²) in [7, 11) is 5.63. The Hall–Kier alpha value is -1.32. The number of hydrogen-bond donors (Lipinski definition) is 0. The molecule has 0 bridgehead atoms. The Morgan fingerprint density at radius 2 is 1.69 bits per heavy atom. The highest BCUT2D eigenvalue weighted by molar-refractivity contribution is 6.12. The van der Waals surface area contributed by atoms with Crippen LogP contribution < -0.4 is 0 Å². The first-order valence-electron chi connectivity index (χ1n) is 4.00. The molecule has 0 heterocycles. The molecule has 0 aromatic carbocycles. The molecule has 1 aliphatic rings. The molecule has 0 unspecified atom stereocenters. The second-order valence-electron chi connectivity index (χ2n) is 3.45. The minimum Gasteiger partial charge on any atom is -0.0934 e. The highest BCUT2D eigenvalue weighted by atomic mass is 15.2. The summed E-state index contributed by atoms with van der Waals surface area (Å²) in [4.78, 5) is 5.37. The zero-order chi connectivity index (χ0) is 9.73. The molecular weight excluding hydrogens is 167 g/mol. The van der Waals surface area contributed by atoms with Crippen molar-refractivity contribution in [2.45, 2.75) is 18.7 Å². The summed E-state index contributed by atoms with van der Waals surface area (Å²) in [5, 5.41) is 6.99. The normalized spacial score (nSPS) is 30.9. The van der Waals surface area contributed by atoms with Crippen LogP contribution in [0.2, 0.25) is 5.82 Å². The average Bonchev–Trinajstić information content (AvgIpc) is 2.08. The number of azide groups is 2. The maximum Gasteiger partial charge on any atom is 0.0700 e. The van der Waals surface area contributed by atoms with Crippen LogP contribution in [-0.4, -0.2) is 20.9 Å². The molecule has 6 nitrogen and oxygen atoms in total. The Balaban J connectivity index is 2.54. The van der Waals surface area contributed by atoms with E-state index >= 15 is 0 Å². The van der Waals surface area contributed by atoms with E-state index in [0.29, 0.717) is 13.1 Å². The predicted molar refractivity (Wildman–Crippen MR) is 49.2 cm³/mol. The molecule has 0 saturated heterocycles. The average molecular weight is 176 g/mol. The van der Waals surface area contributed by atoms with Gasteiger partial charge in [0, 0.05) is 22.9 Å². The van der Waals surface area contributed by atoms with E-state index in [1.807, 2.05) is 0 Å². The number of hydrogen-bond acceptors (Lipinski definition) is 2. The van der Waals surface area contributed by atoms with Gasteiger partial charge in [0.15, 0.2) is 0 Å². The van der Waals surface area contributed by atoms with Crippen LogP contribution in [0, 0.1) is 5.41 Å². The number of rotatable bonds is 4. The quantitative estimate of drug-likeness (QED) is 0.272. The van der Waals surface area contributed by atoms with Crippen LogP contribution in [0.15, 0.2) is 10.2 Å². The summed E-state index contributed by atoms with van der Waals surface area (Å²) in [6.07, 6.45) is 1.54. The third kappa shape index (κ3) is 2.31. The zero-order valence-electron chi connectivity index (χ0n) is 7.17. The standard InChI is InChI=1S/C6H9BN6/c7-5-1-6(2-5,3-10-12-8)4-11-13-9/h5H,1-4H2. The van der Waals surface area contributed by atoms with Crippen molar-refractivity contribution in [3.8, 4) is 0 Å². The molecule has 66 valence electrons. The lowest BCUT2D eigenvalue weighted by atomic mass is 9.55. The van der Waals surface area contributed by atoms with Crippen LogP contribution in [-0.2, 0) is 0 Å². The Bertz CT molecular complexity index is 249. The third-order valence-electron chi connectivity index (χ3n) is 2.33. The zero-order valence-corrected chi connectivity index (χ0v) is 7.17. The lowest BCUT2D eigenvalue weighted by molar-refractivity contribution is 0.158. The maximum absolute atomic E-state index is 8.16. The summed E-state index contributed by atoms with van der Waals surface area (Å²) in [6, 6.07) is 0. The molecule has 0 amide bonds. The fraction of sp³-hybridized carbons (Fsp3) is 1.00. The van der Waals surface area contributed by atoms with Crippen molar-refractivity contribution >= 4 is 7.85 Å². The van der Waals surface area contributed by atoms with Gasteiger partial charge in [-0.3, -0.25) is 0 Å². The molecule has 1 fully saturated rings. The van der Waals surface area contributed by atoms with Crippen molar-refractivity contribution in [3.63, 3.8) is 0 Å². The van der Waals surface area contributed by atoms with E-state index in [4.69, 9.17) is 18.9 Å². The molecule has 7 heteroatoms. The van der Waals surface area contributed by atoms with Crippen molar-refractivity contribution in [3.05, 3.63) is 20.9 Å². The van der Waals surface area contributed by atoms with E-state index in [1.165, 1.54) is 0 Å². The van der Waals surface area contributed by atoms with Crippen LogP contribution in [0.5, 0.6) is 0 Å². The monoisotopic (exact) mass is 176 g/mol. The summed E-state index contributed by atoms with van der Waals surface area (Å²) >= 11 is 0. The lowest BCUT2D eigenvalue weighted by Gasteiger charge is -2.45. The van der Waals surface area contributed by atoms with Crippen LogP contribution in [0.3, 0.4) is 0 Å². The fourth-order valence-corrected chi connectivity index (χ4v) is 1.72. The van der Waals surface area contributed by atoms with E-state index in [2.05, 4.69) is 20.1 Å². The topological polar surface area (TPSA) is 97.5 Å². The molecule has 2 radical (unpaired) electrons. The predicted octanol–water partition coefficient (Wildman–Crippen LogP) is 2.34. The Labute approximate surface area is 77.0 Å². The van der Waals surface area contributed by atoms with Gasteiger partial charge in [-0.2, -0.15) is 0 Å². The molecule has 0 N–H and O–H groups in total. The molecule has 0 spiro atoms. The molecule has 13 heavy (non-hydrogen) atoms. The summed E-state index contributed by atoms with van der Waals surface area (Å²) in [5.41, 5.74) is 16.2. The summed E-state index contributed by atoms with van der Waals surface area (Å²) in [5.74, 6) is 0.155. The van der Waals surface area contributed by atoms with Crippen molar-refractivity contribution in [2.24, 2.45) is 15.6 Å². The van der Waals surface area contributed by atoms with Gasteiger partial charge in [-0.1, -0.05) is 28.9 Å². The molecule has 0 aromatic heterocycles. The summed E-state index contributed by atoms with van der Waals surface area (Å²) < 4.78 is 0. The maximum atomic E-state index is 8.16. The highest BCUT2D eigenvalue weighted by Crippen LogP contribution is 2.48. The third-order valence-corrected chi connectivity index (χ3v) is 2.33. The van der Waals surface area contributed by atoms with Gasteiger partial charge in [0.05, 0.1) is 7.85 Å². The minimum atomic E-state index is -0.169. The van der Waals surface area contributed by atoms with Crippen molar-refractivity contribution in [1.29, 1.82) is 0 Å². The van der Waals surface area contributed by atoms with Crippen molar-refractivity contribution in [2.75, 3.05) is 13.1 Å².